The Bertz CT molecular complexity index is 1160. The predicted octanol–water partition coefficient (Wildman–Crippen LogP) is 5.42. The molecule has 2 heterocycles. The number of aryl methyl sites for hydroxylation is 2. The van der Waals surface area contributed by atoms with Gasteiger partial charge in [-0.3, -0.25) is 9.89 Å². The van der Waals surface area contributed by atoms with Crippen LogP contribution in [0, 0.1) is 13.8 Å². The van der Waals surface area contributed by atoms with Crippen molar-refractivity contribution in [3.05, 3.63) is 83.2 Å². The van der Waals surface area contributed by atoms with Crippen molar-refractivity contribution in [3.8, 4) is 17.1 Å². The fourth-order valence-corrected chi connectivity index (χ4v) is 4.25. The monoisotopic (exact) mass is 416 g/mol. The van der Waals surface area contributed by atoms with Gasteiger partial charge in [0.25, 0.3) is 0 Å². The molecule has 0 fully saturated rings. The second-order valence-electron chi connectivity index (χ2n) is 7.18. The van der Waals surface area contributed by atoms with Gasteiger partial charge in [-0.2, -0.15) is 0 Å². The zero-order chi connectivity index (χ0) is 21.1. The Kier molecular flexibility index (Phi) is 5.86. The molecule has 1 N–H and O–H groups in total. The third kappa shape index (κ3) is 4.09. The normalized spacial score (nSPS) is 11.0. The van der Waals surface area contributed by atoms with E-state index in [9.17, 15) is 4.79 Å². The molecule has 0 amide bonds. The standard InChI is InChI=1S/C24H24N4OS/c1-4-18-10-12-19(13-11-18)23-25-24(27-26-23)30-15-22(29)21-14-16(2)28(17(21)3)20-8-6-5-7-9-20/h5-14H,4,15H2,1-3H3,(H,25,26,27). The Morgan fingerprint density at radius 3 is 2.50 bits per heavy atom. The van der Waals surface area contributed by atoms with E-state index in [4.69, 9.17) is 0 Å². The number of thioether (sulfide) groups is 1. The van der Waals surface area contributed by atoms with E-state index in [1.165, 1.54) is 17.3 Å². The van der Waals surface area contributed by atoms with Crippen LogP contribution in [0.2, 0.25) is 0 Å². The number of ketones is 1. The van der Waals surface area contributed by atoms with Gasteiger partial charge in [0.2, 0.25) is 5.16 Å². The molecule has 0 aliphatic rings. The quantitative estimate of drug-likeness (QED) is 0.323. The summed E-state index contributed by atoms with van der Waals surface area (Å²) in [5, 5.41) is 7.81. The Morgan fingerprint density at radius 2 is 1.80 bits per heavy atom. The summed E-state index contributed by atoms with van der Waals surface area (Å²) in [7, 11) is 0. The van der Waals surface area contributed by atoms with E-state index in [0.29, 0.717) is 10.9 Å². The maximum atomic E-state index is 12.9. The van der Waals surface area contributed by atoms with Crippen LogP contribution in [0.15, 0.2) is 65.8 Å². The number of nitrogens with zero attached hydrogens (tertiary/aromatic N) is 3. The van der Waals surface area contributed by atoms with Gasteiger partial charge in [0.1, 0.15) is 0 Å². The SMILES string of the molecule is CCc1ccc(-c2nc(SCC(=O)c3cc(C)n(-c4ccccc4)c3C)n[nH]2)cc1. The highest BCUT2D eigenvalue weighted by atomic mass is 32.2. The molecule has 4 rings (SSSR count). The number of carbonyl (C=O) groups excluding carboxylic acids is 1. The molecular weight excluding hydrogens is 392 g/mol. The molecule has 2 aromatic carbocycles. The van der Waals surface area contributed by atoms with Gasteiger partial charge >= 0.3 is 0 Å². The summed E-state index contributed by atoms with van der Waals surface area (Å²) in [4.78, 5) is 17.4. The van der Waals surface area contributed by atoms with Crippen LogP contribution in [0.4, 0.5) is 0 Å². The van der Waals surface area contributed by atoms with Gasteiger partial charge in [-0.25, -0.2) is 4.98 Å². The van der Waals surface area contributed by atoms with Crippen molar-refractivity contribution >= 4 is 17.5 Å². The molecule has 2 aromatic heterocycles. The lowest BCUT2D eigenvalue weighted by Gasteiger charge is -2.09. The van der Waals surface area contributed by atoms with E-state index in [-0.39, 0.29) is 5.78 Å². The van der Waals surface area contributed by atoms with Crippen LogP contribution in [-0.4, -0.2) is 31.3 Å². The van der Waals surface area contributed by atoms with Crippen LogP contribution in [0.3, 0.4) is 0 Å². The van der Waals surface area contributed by atoms with Crippen LogP contribution in [-0.2, 0) is 6.42 Å². The number of hydrogen-bond acceptors (Lipinski definition) is 4. The van der Waals surface area contributed by atoms with Gasteiger partial charge in [-0.05, 0) is 44.0 Å². The molecule has 0 unspecified atom stereocenters. The fraction of sp³-hybridized carbons (Fsp3) is 0.208. The number of carbonyl (C=O) groups is 1. The molecular formula is C24H24N4OS. The number of rotatable bonds is 7. The predicted molar refractivity (Wildman–Crippen MR) is 121 cm³/mol. The number of benzene rings is 2. The minimum absolute atomic E-state index is 0.0777. The summed E-state index contributed by atoms with van der Waals surface area (Å²) in [6.45, 7) is 6.14. The molecule has 0 atom stereocenters. The molecule has 0 aliphatic heterocycles. The molecule has 4 aromatic rings. The molecule has 152 valence electrons. The summed E-state index contributed by atoms with van der Waals surface area (Å²) in [6, 6.07) is 20.3. The highest BCUT2D eigenvalue weighted by molar-refractivity contribution is 7.99. The molecule has 5 nitrogen and oxygen atoms in total. The first-order valence-electron chi connectivity index (χ1n) is 9.99. The number of para-hydroxylation sites is 1. The Labute approximate surface area is 180 Å². The van der Waals surface area contributed by atoms with Gasteiger partial charge in [0.05, 0.1) is 5.75 Å². The Hall–Kier alpha value is -3.12. The van der Waals surface area contributed by atoms with Crippen molar-refractivity contribution in [2.75, 3.05) is 5.75 Å². The third-order valence-corrected chi connectivity index (χ3v) is 6.03. The van der Waals surface area contributed by atoms with Gasteiger partial charge in [-0.1, -0.05) is 61.2 Å². The number of hydrogen-bond donors (Lipinski definition) is 1. The molecule has 0 radical (unpaired) electrons. The lowest BCUT2D eigenvalue weighted by Crippen LogP contribution is -2.05. The lowest BCUT2D eigenvalue weighted by molar-refractivity contribution is 0.102. The second-order valence-corrected chi connectivity index (χ2v) is 8.13. The molecule has 30 heavy (non-hydrogen) atoms. The van der Waals surface area contributed by atoms with E-state index in [1.54, 1.807) is 0 Å². The number of Topliss-reactive ketones (excluding diaryl/α,β-unsaturated/α-hetero) is 1. The maximum Gasteiger partial charge on any atom is 0.209 e. The first kappa shape index (κ1) is 20.2. The van der Waals surface area contributed by atoms with Crippen LogP contribution < -0.4 is 0 Å². The summed E-state index contributed by atoms with van der Waals surface area (Å²) in [5.74, 6) is 1.09. The van der Waals surface area contributed by atoms with E-state index < -0.39 is 0 Å². The van der Waals surface area contributed by atoms with Gasteiger partial charge in [0.15, 0.2) is 11.6 Å². The lowest BCUT2D eigenvalue weighted by atomic mass is 10.1. The minimum Gasteiger partial charge on any atom is -0.318 e. The topological polar surface area (TPSA) is 63.6 Å². The molecule has 0 saturated heterocycles. The molecule has 0 bridgehead atoms. The van der Waals surface area contributed by atoms with Crippen molar-refractivity contribution < 1.29 is 4.79 Å². The van der Waals surface area contributed by atoms with E-state index in [0.717, 1.165) is 40.4 Å². The average molecular weight is 417 g/mol. The van der Waals surface area contributed by atoms with Crippen molar-refractivity contribution in [3.63, 3.8) is 0 Å². The van der Waals surface area contributed by atoms with Crippen molar-refractivity contribution in [2.24, 2.45) is 0 Å². The first-order valence-corrected chi connectivity index (χ1v) is 11.0. The van der Waals surface area contributed by atoms with Crippen LogP contribution in [0.25, 0.3) is 17.1 Å². The van der Waals surface area contributed by atoms with Crippen LogP contribution >= 0.6 is 11.8 Å². The largest absolute Gasteiger partial charge is 0.318 e. The van der Waals surface area contributed by atoms with E-state index in [1.807, 2.05) is 62.4 Å². The van der Waals surface area contributed by atoms with E-state index >= 15 is 0 Å². The van der Waals surface area contributed by atoms with Crippen molar-refractivity contribution in [2.45, 2.75) is 32.3 Å². The van der Waals surface area contributed by atoms with Gasteiger partial charge in [0, 0.05) is 28.2 Å². The average Bonchev–Trinajstić information content (AvgIpc) is 3.37. The number of H-pyrrole nitrogens is 1. The van der Waals surface area contributed by atoms with Crippen molar-refractivity contribution in [1.29, 1.82) is 0 Å². The van der Waals surface area contributed by atoms with Gasteiger partial charge < -0.3 is 4.57 Å². The molecule has 0 aliphatic carbocycles. The smallest absolute Gasteiger partial charge is 0.209 e. The number of aromatic amines is 1. The minimum atomic E-state index is 0.0777. The molecule has 0 spiro atoms. The van der Waals surface area contributed by atoms with Crippen LogP contribution in [0.1, 0.15) is 34.2 Å². The van der Waals surface area contributed by atoms with E-state index in [2.05, 4.69) is 38.8 Å². The second kappa shape index (κ2) is 8.71. The first-order chi connectivity index (χ1) is 14.6. The summed E-state index contributed by atoms with van der Waals surface area (Å²) < 4.78 is 2.11. The summed E-state index contributed by atoms with van der Waals surface area (Å²) in [5.41, 5.74) is 6.08. The highest BCUT2D eigenvalue weighted by Crippen LogP contribution is 2.24. The van der Waals surface area contributed by atoms with Crippen LogP contribution in [0.5, 0.6) is 0 Å². The summed E-state index contributed by atoms with van der Waals surface area (Å²) >= 11 is 1.35. The van der Waals surface area contributed by atoms with Crippen molar-refractivity contribution in [1.82, 2.24) is 19.7 Å². The summed E-state index contributed by atoms with van der Waals surface area (Å²) in [6.07, 6.45) is 1.00. The molecule has 6 heteroatoms. The zero-order valence-corrected chi connectivity index (χ0v) is 18.2. The fourth-order valence-electron chi connectivity index (χ4n) is 3.57. The Morgan fingerprint density at radius 1 is 1.07 bits per heavy atom. The number of nitrogens with one attached hydrogen (secondary N) is 1. The Balaban J connectivity index is 1.46. The van der Waals surface area contributed by atoms with Gasteiger partial charge in [-0.15, -0.1) is 5.10 Å². The zero-order valence-electron chi connectivity index (χ0n) is 17.3. The number of aromatic nitrogens is 4. The highest BCUT2D eigenvalue weighted by Gasteiger charge is 2.18. The molecule has 0 saturated carbocycles. The maximum absolute atomic E-state index is 12.9. The third-order valence-electron chi connectivity index (χ3n) is 5.18.